The van der Waals surface area contributed by atoms with Gasteiger partial charge >= 0.3 is 0 Å². The summed E-state index contributed by atoms with van der Waals surface area (Å²) in [6, 6.07) is 20.3. The number of ketones is 1. The fourth-order valence-corrected chi connectivity index (χ4v) is 3.16. The lowest BCUT2D eigenvalue weighted by Crippen LogP contribution is -2.20. The molecule has 6 heteroatoms. The van der Waals surface area contributed by atoms with Crippen molar-refractivity contribution >= 4 is 22.6 Å². The molecule has 0 aliphatic rings. The highest BCUT2D eigenvalue weighted by atomic mass is 16.5. The smallest absolute Gasteiger partial charge is 0.255 e. The van der Waals surface area contributed by atoms with E-state index in [9.17, 15) is 9.59 Å². The monoisotopic (exact) mass is 385 g/mol. The van der Waals surface area contributed by atoms with Crippen molar-refractivity contribution in [3.05, 3.63) is 95.9 Å². The van der Waals surface area contributed by atoms with E-state index in [4.69, 9.17) is 10.5 Å². The Balaban J connectivity index is 1.53. The van der Waals surface area contributed by atoms with E-state index in [0.717, 1.165) is 16.5 Å². The third-order valence-corrected chi connectivity index (χ3v) is 4.56. The van der Waals surface area contributed by atoms with Gasteiger partial charge in [-0.25, -0.2) is 0 Å². The summed E-state index contributed by atoms with van der Waals surface area (Å²) in [6.45, 7) is 0.349. The summed E-state index contributed by atoms with van der Waals surface area (Å²) in [4.78, 5) is 28.2. The number of carbonyl (C=O) groups is 2. The number of amides is 1. The standard InChI is InChI=1S/C23H19N3O3/c24-22(27)15-29-19-9-7-17(8-10-19)23(28)21-6-3-11-26(21)14-16-12-18-4-1-2-5-20(18)25-13-16/h1-13H,14-15H2,(H2,24,27). The Morgan fingerprint density at radius 2 is 1.79 bits per heavy atom. The lowest BCUT2D eigenvalue weighted by atomic mass is 10.1. The maximum Gasteiger partial charge on any atom is 0.255 e. The van der Waals surface area contributed by atoms with Crippen molar-refractivity contribution in [1.29, 1.82) is 0 Å². The molecule has 0 aliphatic heterocycles. The maximum atomic E-state index is 13.0. The van der Waals surface area contributed by atoms with Crippen LogP contribution in [0.3, 0.4) is 0 Å². The minimum atomic E-state index is -0.550. The van der Waals surface area contributed by atoms with Gasteiger partial charge in [-0.1, -0.05) is 18.2 Å². The summed E-state index contributed by atoms with van der Waals surface area (Å²) in [5.41, 5.74) is 8.15. The summed E-state index contributed by atoms with van der Waals surface area (Å²) >= 11 is 0. The number of nitrogens with zero attached hydrogens (tertiary/aromatic N) is 2. The highest BCUT2D eigenvalue weighted by molar-refractivity contribution is 6.08. The summed E-state index contributed by atoms with van der Waals surface area (Å²) < 4.78 is 7.14. The Hall–Kier alpha value is -3.93. The molecule has 144 valence electrons. The van der Waals surface area contributed by atoms with Crippen molar-refractivity contribution in [1.82, 2.24) is 9.55 Å². The number of para-hydroxylation sites is 1. The van der Waals surface area contributed by atoms with Crippen LogP contribution in [-0.4, -0.2) is 27.8 Å². The lowest BCUT2D eigenvalue weighted by Gasteiger charge is -2.10. The first kappa shape index (κ1) is 18.4. The molecular weight excluding hydrogens is 366 g/mol. The van der Waals surface area contributed by atoms with Gasteiger partial charge in [0.15, 0.2) is 6.61 Å². The van der Waals surface area contributed by atoms with Crippen LogP contribution in [0.1, 0.15) is 21.6 Å². The number of aromatic nitrogens is 2. The van der Waals surface area contributed by atoms with E-state index < -0.39 is 5.91 Å². The van der Waals surface area contributed by atoms with Gasteiger partial charge in [0.1, 0.15) is 5.75 Å². The molecule has 4 aromatic rings. The summed E-state index contributed by atoms with van der Waals surface area (Å²) in [5.74, 6) is -0.158. The molecule has 4 rings (SSSR count). The average Bonchev–Trinajstić information content (AvgIpc) is 3.20. The number of nitrogens with two attached hydrogens (primary N) is 1. The first-order valence-electron chi connectivity index (χ1n) is 9.15. The molecule has 0 saturated carbocycles. The minimum Gasteiger partial charge on any atom is -0.484 e. The van der Waals surface area contributed by atoms with E-state index in [1.165, 1.54) is 0 Å². The Kier molecular flexibility index (Phi) is 5.07. The van der Waals surface area contributed by atoms with Gasteiger partial charge in [0.2, 0.25) is 5.78 Å². The second kappa shape index (κ2) is 7.98. The fraction of sp³-hybridized carbons (Fsp3) is 0.0870. The highest BCUT2D eigenvalue weighted by Crippen LogP contribution is 2.18. The van der Waals surface area contributed by atoms with Crippen LogP contribution in [0.25, 0.3) is 10.9 Å². The first-order chi connectivity index (χ1) is 14.1. The van der Waals surface area contributed by atoms with Gasteiger partial charge in [-0.15, -0.1) is 0 Å². The number of ether oxygens (including phenoxy) is 1. The second-order valence-corrected chi connectivity index (χ2v) is 6.67. The van der Waals surface area contributed by atoms with E-state index in [-0.39, 0.29) is 12.4 Å². The molecule has 0 bridgehead atoms. The van der Waals surface area contributed by atoms with Gasteiger partial charge in [-0.05, 0) is 54.1 Å². The van der Waals surface area contributed by atoms with Crippen molar-refractivity contribution in [2.24, 2.45) is 5.73 Å². The number of hydrogen-bond donors (Lipinski definition) is 1. The van der Waals surface area contributed by atoms with Crippen molar-refractivity contribution in [3.63, 3.8) is 0 Å². The fourth-order valence-electron chi connectivity index (χ4n) is 3.16. The largest absolute Gasteiger partial charge is 0.484 e. The minimum absolute atomic E-state index is 0.0924. The van der Waals surface area contributed by atoms with Crippen LogP contribution in [0.15, 0.2) is 79.1 Å². The molecule has 0 radical (unpaired) electrons. The summed E-state index contributed by atoms with van der Waals surface area (Å²) in [7, 11) is 0. The number of carbonyl (C=O) groups excluding carboxylic acids is 2. The van der Waals surface area contributed by atoms with Crippen molar-refractivity contribution < 1.29 is 14.3 Å². The molecular formula is C23H19N3O3. The van der Waals surface area contributed by atoms with Crippen LogP contribution in [0, 0.1) is 0 Å². The molecule has 0 unspecified atom stereocenters. The first-order valence-corrected chi connectivity index (χ1v) is 9.15. The van der Waals surface area contributed by atoms with E-state index in [2.05, 4.69) is 11.1 Å². The number of primary amides is 1. The topological polar surface area (TPSA) is 87.2 Å². The van der Waals surface area contributed by atoms with Crippen molar-refractivity contribution in [3.8, 4) is 5.75 Å². The van der Waals surface area contributed by atoms with Crippen LogP contribution in [0.2, 0.25) is 0 Å². The Labute approximate surface area is 167 Å². The number of hydrogen-bond acceptors (Lipinski definition) is 4. The normalized spacial score (nSPS) is 10.8. The van der Waals surface area contributed by atoms with Crippen LogP contribution < -0.4 is 10.5 Å². The Morgan fingerprint density at radius 1 is 1.00 bits per heavy atom. The molecule has 2 heterocycles. The maximum absolute atomic E-state index is 13.0. The van der Waals surface area contributed by atoms with Gasteiger partial charge in [0.05, 0.1) is 11.2 Å². The second-order valence-electron chi connectivity index (χ2n) is 6.67. The van der Waals surface area contributed by atoms with Crippen molar-refractivity contribution in [2.45, 2.75) is 6.54 Å². The molecule has 2 aromatic carbocycles. The number of benzene rings is 2. The van der Waals surface area contributed by atoms with Gasteiger partial charge < -0.3 is 15.0 Å². The molecule has 1 amide bonds. The van der Waals surface area contributed by atoms with Gasteiger partial charge in [0.25, 0.3) is 5.91 Å². The van der Waals surface area contributed by atoms with Crippen LogP contribution in [0.4, 0.5) is 0 Å². The average molecular weight is 385 g/mol. The molecule has 0 spiro atoms. The van der Waals surface area contributed by atoms with Gasteiger partial charge in [-0.2, -0.15) is 0 Å². The van der Waals surface area contributed by atoms with E-state index in [0.29, 0.717) is 23.6 Å². The van der Waals surface area contributed by atoms with Crippen LogP contribution >= 0.6 is 0 Å². The third kappa shape index (κ3) is 4.16. The van der Waals surface area contributed by atoms with Gasteiger partial charge in [-0.3, -0.25) is 14.6 Å². The summed E-state index contributed by atoms with van der Waals surface area (Å²) in [5, 5.41) is 1.07. The zero-order valence-electron chi connectivity index (χ0n) is 15.6. The number of pyridine rings is 1. The van der Waals surface area contributed by atoms with Gasteiger partial charge in [0, 0.05) is 29.9 Å². The van der Waals surface area contributed by atoms with E-state index >= 15 is 0 Å². The van der Waals surface area contributed by atoms with Crippen molar-refractivity contribution in [2.75, 3.05) is 6.61 Å². The molecule has 0 aliphatic carbocycles. The van der Waals surface area contributed by atoms with E-state index in [1.54, 1.807) is 30.3 Å². The zero-order chi connectivity index (χ0) is 20.2. The molecule has 6 nitrogen and oxygen atoms in total. The van der Waals surface area contributed by atoms with Crippen LogP contribution in [0.5, 0.6) is 5.75 Å². The molecule has 2 N–H and O–H groups in total. The van der Waals surface area contributed by atoms with E-state index in [1.807, 2.05) is 47.3 Å². The summed E-state index contributed by atoms with van der Waals surface area (Å²) in [6.07, 6.45) is 3.72. The molecule has 0 fully saturated rings. The molecule has 2 aromatic heterocycles. The lowest BCUT2D eigenvalue weighted by molar-refractivity contribution is -0.119. The predicted molar refractivity (Wildman–Crippen MR) is 110 cm³/mol. The predicted octanol–water partition coefficient (Wildman–Crippen LogP) is 3.18. The quantitative estimate of drug-likeness (QED) is 0.495. The molecule has 0 saturated heterocycles. The van der Waals surface area contributed by atoms with Crippen LogP contribution in [-0.2, 0) is 11.3 Å². The number of fused-ring (bicyclic) bond motifs is 1. The SMILES string of the molecule is NC(=O)COc1ccc(C(=O)c2cccn2Cc2cnc3ccccc3c2)cc1. The number of rotatable bonds is 7. The Bertz CT molecular complexity index is 1180. The molecule has 0 atom stereocenters. The Morgan fingerprint density at radius 3 is 2.59 bits per heavy atom. The zero-order valence-corrected chi connectivity index (χ0v) is 15.6. The third-order valence-electron chi connectivity index (χ3n) is 4.56. The molecule has 29 heavy (non-hydrogen) atoms. The highest BCUT2D eigenvalue weighted by Gasteiger charge is 2.14.